The van der Waals surface area contributed by atoms with Crippen LogP contribution in [0.25, 0.3) is 11.1 Å². The molecule has 0 spiro atoms. The Labute approximate surface area is 196 Å². The van der Waals surface area contributed by atoms with Crippen LogP contribution in [-0.4, -0.2) is 59.6 Å². The maximum Gasteiger partial charge on any atom is 0.337 e. The number of methoxy groups -OCH3 is 1. The van der Waals surface area contributed by atoms with Gasteiger partial charge in [-0.25, -0.2) is 9.78 Å². The van der Waals surface area contributed by atoms with Gasteiger partial charge in [0.25, 0.3) is 11.8 Å². The lowest BCUT2D eigenvalue weighted by atomic mass is 10.0. The zero-order valence-corrected chi connectivity index (χ0v) is 18.8. The van der Waals surface area contributed by atoms with Gasteiger partial charge in [-0.2, -0.15) is 0 Å². The number of likely N-dealkylation sites (N-methyl/N-ethyl adjacent to an activating group) is 1. The number of pyridine rings is 1. The number of fused-ring (bicyclic) bond motifs is 1. The number of aliphatic hydroxyl groups excluding tert-OH is 1. The largest absolute Gasteiger partial charge is 0.465 e. The Balaban J connectivity index is 1.75. The fourth-order valence-corrected chi connectivity index (χ4v) is 4.04. The van der Waals surface area contributed by atoms with Crippen molar-refractivity contribution in [1.29, 1.82) is 0 Å². The quantitative estimate of drug-likeness (QED) is 0.559. The third kappa shape index (κ3) is 4.20. The van der Waals surface area contributed by atoms with Gasteiger partial charge in [-0.15, -0.1) is 0 Å². The van der Waals surface area contributed by atoms with E-state index in [1.54, 1.807) is 67.8 Å². The summed E-state index contributed by atoms with van der Waals surface area (Å²) in [6.07, 6.45) is 1.59. The number of hydrogen-bond donors (Lipinski definition) is 2. The zero-order chi connectivity index (χ0) is 24.4. The minimum atomic E-state index is -1.09. The molecule has 9 heteroatoms. The molecule has 1 atom stereocenters. The number of nitrogen functional groups attached to an aromatic ring is 1. The summed E-state index contributed by atoms with van der Waals surface area (Å²) in [5.74, 6) is -0.983. The minimum absolute atomic E-state index is 0.0244. The maximum absolute atomic E-state index is 13.6. The van der Waals surface area contributed by atoms with Gasteiger partial charge in [0.15, 0.2) is 0 Å². The second-order valence-electron chi connectivity index (χ2n) is 7.92. The number of benzene rings is 2. The van der Waals surface area contributed by atoms with Crippen LogP contribution in [0.1, 0.15) is 26.3 Å². The molecule has 3 N–H and O–H groups in total. The molecular weight excluding hydrogens is 436 g/mol. The van der Waals surface area contributed by atoms with E-state index >= 15 is 0 Å². The number of aromatic nitrogens is 1. The molecule has 34 heavy (non-hydrogen) atoms. The predicted molar refractivity (Wildman–Crippen MR) is 126 cm³/mol. The molecule has 1 aliphatic rings. The van der Waals surface area contributed by atoms with E-state index in [1.807, 2.05) is 0 Å². The SMILES string of the molecule is COC(=O)c1cccc(CN2C(=O)c3ccc(-c4ccnc(N)c4)cc3N(C)C(=O)[C@H]2CO)c1. The summed E-state index contributed by atoms with van der Waals surface area (Å²) in [7, 11) is 2.86. The highest BCUT2D eigenvalue weighted by atomic mass is 16.5. The van der Waals surface area contributed by atoms with Gasteiger partial charge < -0.3 is 25.4 Å². The number of esters is 1. The van der Waals surface area contributed by atoms with Gasteiger partial charge in [0.1, 0.15) is 11.9 Å². The van der Waals surface area contributed by atoms with Crippen LogP contribution in [0.4, 0.5) is 11.5 Å². The molecule has 2 aromatic carbocycles. The second kappa shape index (κ2) is 9.32. The van der Waals surface area contributed by atoms with Gasteiger partial charge in [0.2, 0.25) is 0 Å². The molecule has 4 rings (SSSR count). The van der Waals surface area contributed by atoms with Crippen molar-refractivity contribution in [2.45, 2.75) is 12.6 Å². The highest BCUT2D eigenvalue weighted by molar-refractivity contribution is 6.11. The Morgan fingerprint density at radius 3 is 2.59 bits per heavy atom. The average Bonchev–Trinajstić information content (AvgIpc) is 2.93. The van der Waals surface area contributed by atoms with Gasteiger partial charge in [0, 0.05) is 19.8 Å². The number of anilines is 2. The fourth-order valence-electron chi connectivity index (χ4n) is 4.04. The molecule has 3 aromatic rings. The third-order valence-corrected chi connectivity index (χ3v) is 5.83. The van der Waals surface area contributed by atoms with Crippen LogP contribution in [0.5, 0.6) is 0 Å². The molecule has 1 aromatic heterocycles. The first-order valence-corrected chi connectivity index (χ1v) is 10.6. The molecule has 0 unspecified atom stereocenters. The lowest BCUT2D eigenvalue weighted by Crippen LogP contribution is -2.49. The summed E-state index contributed by atoms with van der Waals surface area (Å²) in [6, 6.07) is 14.2. The summed E-state index contributed by atoms with van der Waals surface area (Å²) in [5, 5.41) is 10.1. The number of aliphatic hydroxyl groups is 1. The monoisotopic (exact) mass is 460 g/mol. The zero-order valence-electron chi connectivity index (χ0n) is 18.8. The highest BCUT2D eigenvalue weighted by Gasteiger charge is 2.38. The Morgan fingerprint density at radius 2 is 1.88 bits per heavy atom. The number of nitrogens with zero attached hydrogens (tertiary/aromatic N) is 3. The number of ether oxygens (including phenoxy) is 1. The van der Waals surface area contributed by atoms with Crippen molar-refractivity contribution in [1.82, 2.24) is 9.88 Å². The number of nitrogens with two attached hydrogens (primary N) is 1. The normalized spacial score (nSPS) is 15.7. The number of carbonyl (C=O) groups is 3. The van der Waals surface area contributed by atoms with E-state index in [0.29, 0.717) is 28.2 Å². The van der Waals surface area contributed by atoms with E-state index in [9.17, 15) is 19.5 Å². The summed E-state index contributed by atoms with van der Waals surface area (Å²) in [6.45, 7) is -0.524. The van der Waals surface area contributed by atoms with E-state index in [1.165, 1.54) is 16.9 Å². The van der Waals surface area contributed by atoms with Crippen LogP contribution in [0.15, 0.2) is 60.8 Å². The fraction of sp³-hybridized carbons (Fsp3) is 0.200. The molecule has 174 valence electrons. The van der Waals surface area contributed by atoms with Crippen LogP contribution < -0.4 is 10.6 Å². The van der Waals surface area contributed by atoms with E-state index in [4.69, 9.17) is 10.5 Å². The topological polar surface area (TPSA) is 126 Å². The predicted octanol–water partition coefficient (Wildman–Crippen LogP) is 2.10. The molecule has 0 saturated heterocycles. The number of carbonyl (C=O) groups excluding carboxylic acids is 3. The molecule has 2 heterocycles. The van der Waals surface area contributed by atoms with Crippen molar-refractivity contribution in [2.75, 3.05) is 31.4 Å². The molecule has 0 radical (unpaired) electrons. The molecular formula is C25H24N4O5. The second-order valence-corrected chi connectivity index (χ2v) is 7.92. The molecule has 2 amide bonds. The van der Waals surface area contributed by atoms with E-state index < -0.39 is 30.4 Å². The number of hydrogen-bond acceptors (Lipinski definition) is 7. The van der Waals surface area contributed by atoms with E-state index in [2.05, 4.69) is 4.98 Å². The first-order valence-electron chi connectivity index (χ1n) is 10.6. The molecule has 0 bridgehead atoms. The maximum atomic E-state index is 13.6. The lowest BCUT2D eigenvalue weighted by Gasteiger charge is -2.28. The van der Waals surface area contributed by atoms with E-state index in [-0.39, 0.29) is 6.54 Å². The Hall–Kier alpha value is -4.24. The average molecular weight is 460 g/mol. The van der Waals surface area contributed by atoms with Crippen molar-refractivity contribution >= 4 is 29.3 Å². The minimum Gasteiger partial charge on any atom is -0.465 e. The van der Waals surface area contributed by atoms with Crippen molar-refractivity contribution in [3.8, 4) is 11.1 Å². The van der Waals surface area contributed by atoms with Crippen molar-refractivity contribution in [2.24, 2.45) is 0 Å². The molecule has 1 aliphatic heterocycles. The van der Waals surface area contributed by atoms with Gasteiger partial charge in [-0.05, 0) is 53.1 Å². The van der Waals surface area contributed by atoms with E-state index in [0.717, 1.165) is 11.1 Å². The first-order chi connectivity index (χ1) is 16.3. The molecule has 0 fully saturated rings. The van der Waals surface area contributed by atoms with Crippen LogP contribution >= 0.6 is 0 Å². The third-order valence-electron chi connectivity index (χ3n) is 5.83. The highest BCUT2D eigenvalue weighted by Crippen LogP contribution is 2.33. The van der Waals surface area contributed by atoms with Gasteiger partial charge in [0.05, 0.1) is 30.5 Å². The Morgan fingerprint density at radius 1 is 1.12 bits per heavy atom. The van der Waals surface area contributed by atoms with Crippen molar-refractivity contribution in [3.63, 3.8) is 0 Å². The Bertz CT molecular complexity index is 1280. The summed E-state index contributed by atoms with van der Waals surface area (Å²) >= 11 is 0. The lowest BCUT2D eigenvalue weighted by molar-refractivity contribution is -0.124. The molecule has 9 nitrogen and oxygen atoms in total. The van der Waals surface area contributed by atoms with Crippen LogP contribution in [-0.2, 0) is 16.1 Å². The van der Waals surface area contributed by atoms with Gasteiger partial charge >= 0.3 is 5.97 Å². The standard InChI is InChI=1S/C25H24N4O5/c1-28-20-11-16(17-8-9-27-22(26)12-17)6-7-19(20)23(31)29(21(14-30)24(28)32)13-15-4-3-5-18(10-15)25(33)34-2/h3-12,21,30H,13-14H2,1-2H3,(H2,26,27)/t21-/m1/s1. The van der Waals surface area contributed by atoms with Crippen LogP contribution in [0.2, 0.25) is 0 Å². The summed E-state index contributed by atoms with van der Waals surface area (Å²) < 4.78 is 4.77. The van der Waals surface area contributed by atoms with Gasteiger partial charge in [-0.3, -0.25) is 9.59 Å². The van der Waals surface area contributed by atoms with Crippen LogP contribution in [0.3, 0.4) is 0 Å². The summed E-state index contributed by atoms with van der Waals surface area (Å²) in [5.41, 5.74) is 9.06. The molecule has 0 saturated carbocycles. The number of rotatable bonds is 5. The smallest absolute Gasteiger partial charge is 0.337 e. The molecule has 0 aliphatic carbocycles. The van der Waals surface area contributed by atoms with Crippen molar-refractivity contribution in [3.05, 3.63) is 77.5 Å². The van der Waals surface area contributed by atoms with Gasteiger partial charge in [-0.1, -0.05) is 18.2 Å². The van der Waals surface area contributed by atoms with Crippen LogP contribution in [0, 0.1) is 0 Å². The van der Waals surface area contributed by atoms with Crippen molar-refractivity contribution < 1.29 is 24.2 Å². The Kier molecular flexibility index (Phi) is 6.29. The number of amides is 2. The first kappa shape index (κ1) is 22.9. The summed E-state index contributed by atoms with van der Waals surface area (Å²) in [4.78, 5) is 45.5.